The summed E-state index contributed by atoms with van der Waals surface area (Å²) in [5.74, 6) is 0. The van der Waals surface area contributed by atoms with Gasteiger partial charge in [-0.1, -0.05) is 48.6 Å². The minimum atomic E-state index is -2.82. The smallest absolute Gasteiger partial charge is 0.373 e. The molecular formula is C18H29NO3Si. The number of rotatable bonds is 12. The van der Waals surface area contributed by atoms with Crippen molar-refractivity contribution in [1.82, 2.24) is 5.32 Å². The van der Waals surface area contributed by atoms with Gasteiger partial charge in [-0.3, -0.25) is 0 Å². The second-order valence-corrected chi connectivity index (χ2v) is 7.53. The molecule has 0 fully saturated rings. The Kier molecular flexibility index (Phi) is 9.74. The lowest BCUT2D eigenvalue weighted by Crippen LogP contribution is -2.61. The molecule has 1 aromatic rings. The fourth-order valence-electron chi connectivity index (χ4n) is 2.30. The molecule has 23 heavy (non-hydrogen) atoms. The molecule has 5 heteroatoms. The van der Waals surface area contributed by atoms with Crippen molar-refractivity contribution in [3.63, 3.8) is 0 Å². The van der Waals surface area contributed by atoms with Gasteiger partial charge in [-0.25, -0.2) is 0 Å². The normalized spacial score (nSPS) is 13.3. The van der Waals surface area contributed by atoms with E-state index >= 15 is 0 Å². The molecule has 0 radical (unpaired) electrons. The maximum Gasteiger partial charge on any atom is 0.522 e. The van der Waals surface area contributed by atoms with Gasteiger partial charge in [-0.15, -0.1) is 6.58 Å². The second-order valence-electron chi connectivity index (χ2n) is 4.84. The SMILES string of the molecule is C=CC(NC/C=C/c1ccccc1)[Si](OCC)(OCC)OCC. The Morgan fingerprint density at radius 2 is 1.61 bits per heavy atom. The van der Waals surface area contributed by atoms with E-state index in [1.165, 1.54) is 5.56 Å². The molecule has 0 bridgehead atoms. The van der Waals surface area contributed by atoms with Crippen LogP contribution in [0.25, 0.3) is 6.08 Å². The van der Waals surface area contributed by atoms with Crippen molar-refractivity contribution in [3.05, 3.63) is 54.6 Å². The molecule has 1 N–H and O–H groups in total. The number of benzene rings is 1. The van der Waals surface area contributed by atoms with Crippen molar-refractivity contribution < 1.29 is 13.3 Å². The molecule has 4 nitrogen and oxygen atoms in total. The Labute approximate surface area is 141 Å². The highest BCUT2D eigenvalue weighted by Gasteiger charge is 2.47. The van der Waals surface area contributed by atoms with Crippen LogP contribution in [-0.2, 0) is 13.3 Å². The Hall–Kier alpha value is -1.24. The van der Waals surface area contributed by atoms with Crippen LogP contribution in [0.3, 0.4) is 0 Å². The molecule has 0 heterocycles. The van der Waals surface area contributed by atoms with Crippen LogP contribution in [0.15, 0.2) is 49.1 Å². The lowest BCUT2D eigenvalue weighted by molar-refractivity contribution is 0.0633. The van der Waals surface area contributed by atoms with Crippen molar-refractivity contribution in [2.24, 2.45) is 0 Å². The van der Waals surface area contributed by atoms with Gasteiger partial charge in [0.2, 0.25) is 0 Å². The second kappa shape index (κ2) is 11.3. The molecule has 1 unspecified atom stereocenters. The van der Waals surface area contributed by atoms with Gasteiger partial charge in [-0.2, -0.15) is 0 Å². The van der Waals surface area contributed by atoms with Gasteiger partial charge >= 0.3 is 8.80 Å². The van der Waals surface area contributed by atoms with Crippen LogP contribution < -0.4 is 5.32 Å². The highest BCUT2D eigenvalue weighted by molar-refractivity contribution is 6.63. The van der Waals surface area contributed by atoms with Gasteiger partial charge < -0.3 is 18.6 Å². The summed E-state index contributed by atoms with van der Waals surface area (Å²) in [6.45, 7) is 12.1. The predicted molar refractivity (Wildman–Crippen MR) is 98.1 cm³/mol. The van der Waals surface area contributed by atoms with Gasteiger partial charge in [0.1, 0.15) is 0 Å². The molecule has 0 aromatic heterocycles. The van der Waals surface area contributed by atoms with Gasteiger partial charge in [0.15, 0.2) is 0 Å². The average molecular weight is 336 g/mol. The van der Waals surface area contributed by atoms with Gasteiger partial charge in [-0.05, 0) is 26.3 Å². The van der Waals surface area contributed by atoms with E-state index in [-0.39, 0.29) is 5.67 Å². The van der Waals surface area contributed by atoms with Crippen LogP contribution in [0, 0.1) is 0 Å². The maximum atomic E-state index is 5.92. The van der Waals surface area contributed by atoms with Crippen molar-refractivity contribution in [2.45, 2.75) is 26.4 Å². The number of hydrogen-bond donors (Lipinski definition) is 1. The van der Waals surface area contributed by atoms with Crippen LogP contribution in [0.2, 0.25) is 0 Å². The molecule has 0 aliphatic carbocycles. The Bertz CT molecular complexity index is 448. The van der Waals surface area contributed by atoms with E-state index in [1.54, 1.807) is 0 Å². The molecule has 1 atom stereocenters. The third kappa shape index (κ3) is 6.41. The van der Waals surface area contributed by atoms with Crippen LogP contribution >= 0.6 is 0 Å². The molecule has 1 rings (SSSR count). The maximum absolute atomic E-state index is 5.92. The van der Waals surface area contributed by atoms with Crippen molar-refractivity contribution in [1.29, 1.82) is 0 Å². The van der Waals surface area contributed by atoms with Crippen molar-refractivity contribution in [2.75, 3.05) is 26.4 Å². The van der Waals surface area contributed by atoms with Crippen LogP contribution in [0.1, 0.15) is 26.3 Å². The van der Waals surface area contributed by atoms with Crippen molar-refractivity contribution in [3.8, 4) is 0 Å². The van der Waals surface area contributed by atoms with Crippen LogP contribution in [-0.4, -0.2) is 40.8 Å². The fourth-order valence-corrected chi connectivity index (χ4v) is 4.96. The molecule has 0 spiro atoms. The van der Waals surface area contributed by atoms with Crippen LogP contribution in [0.5, 0.6) is 0 Å². The van der Waals surface area contributed by atoms with Crippen molar-refractivity contribution >= 4 is 14.9 Å². The van der Waals surface area contributed by atoms with Gasteiger partial charge in [0.25, 0.3) is 0 Å². The number of hydrogen-bond acceptors (Lipinski definition) is 4. The first-order valence-corrected chi connectivity index (χ1v) is 10.0. The molecule has 0 saturated carbocycles. The summed E-state index contributed by atoms with van der Waals surface area (Å²) >= 11 is 0. The minimum Gasteiger partial charge on any atom is -0.373 e. The summed E-state index contributed by atoms with van der Waals surface area (Å²) in [5.41, 5.74) is 1.04. The summed E-state index contributed by atoms with van der Waals surface area (Å²) in [6, 6.07) is 10.2. The third-order valence-corrected chi connectivity index (χ3v) is 6.49. The van der Waals surface area contributed by atoms with E-state index < -0.39 is 8.80 Å². The lowest BCUT2D eigenvalue weighted by atomic mass is 10.2. The third-order valence-electron chi connectivity index (χ3n) is 3.22. The highest BCUT2D eigenvalue weighted by atomic mass is 28.4. The summed E-state index contributed by atoms with van der Waals surface area (Å²) in [4.78, 5) is 0. The van der Waals surface area contributed by atoms with Gasteiger partial charge in [0.05, 0.1) is 5.67 Å². The Morgan fingerprint density at radius 3 is 2.09 bits per heavy atom. The fraction of sp³-hybridized carbons (Fsp3) is 0.444. The topological polar surface area (TPSA) is 39.7 Å². The summed E-state index contributed by atoms with van der Waals surface area (Å²) in [7, 11) is -2.82. The first-order valence-electron chi connectivity index (χ1n) is 8.21. The van der Waals surface area contributed by atoms with Gasteiger partial charge in [0, 0.05) is 26.4 Å². The number of nitrogens with one attached hydrogen (secondary N) is 1. The zero-order valence-electron chi connectivity index (χ0n) is 14.5. The molecule has 0 aliphatic heterocycles. The first-order chi connectivity index (χ1) is 11.2. The molecule has 0 aliphatic rings. The zero-order valence-corrected chi connectivity index (χ0v) is 15.5. The molecule has 0 saturated heterocycles. The average Bonchev–Trinajstić information content (AvgIpc) is 2.56. The highest BCUT2D eigenvalue weighted by Crippen LogP contribution is 2.16. The van der Waals surface area contributed by atoms with E-state index in [0.29, 0.717) is 26.4 Å². The minimum absolute atomic E-state index is 0.136. The summed E-state index contributed by atoms with van der Waals surface area (Å²) in [5, 5.41) is 3.42. The van der Waals surface area contributed by atoms with E-state index in [0.717, 1.165) is 0 Å². The summed E-state index contributed by atoms with van der Waals surface area (Å²) in [6.07, 6.45) is 5.98. The van der Waals surface area contributed by atoms with Crippen LogP contribution in [0.4, 0.5) is 0 Å². The molecule has 1 aromatic carbocycles. The molecule has 128 valence electrons. The largest absolute Gasteiger partial charge is 0.522 e. The Balaban J connectivity index is 2.70. The van der Waals surface area contributed by atoms with E-state index in [1.807, 2.05) is 45.0 Å². The first kappa shape index (κ1) is 19.8. The lowest BCUT2D eigenvalue weighted by Gasteiger charge is -2.34. The molecular weight excluding hydrogens is 306 g/mol. The summed E-state index contributed by atoms with van der Waals surface area (Å²) < 4.78 is 17.7. The van der Waals surface area contributed by atoms with E-state index in [4.69, 9.17) is 13.3 Å². The monoisotopic (exact) mass is 335 g/mol. The molecule has 0 amide bonds. The Morgan fingerprint density at radius 1 is 1.04 bits per heavy atom. The van der Waals surface area contributed by atoms with E-state index in [9.17, 15) is 0 Å². The van der Waals surface area contributed by atoms with E-state index in [2.05, 4.69) is 36.2 Å². The zero-order chi connectivity index (χ0) is 17.0. The quantitative estimate of drug-likeness (QED) is 0.469. The standard InChI is InChI=1S/C18H29NO3Si/c1-5-18(23(20-6-2,21-7-3)22-8-4)19-16-12-15-17-13-10-9-11-14-17/h5,9-15,18-19H,1,6-8,16H2,2-4H3/b15-12+. The predicted octanol–water partition coefficient (Wildman–Crippen LogP) is 3.43.